The van der Waals surface area contributed by atoms with Crippen molar-refractivity contribution >= 4 is 21.6 Å². The summed E-state index contributed by atoms with van der Waals surface area (Å²) in [7, 11) is -3.59. The summed E-state index contributed by atoms with van der Waals surface area (Å²) in [5.41, 5.74) is 1.10. The molecule has 1 aromatic carbocycles. The van der Waals surface area contributed by atoms with Crippen LogP contribution in [0, 0.1) is 6.92 Å². The van der Waals surface area contributed by atoms with E-state index in [0.29, 0.717) is 16.1 Å². The van der Waals surface area contributed by atoms with E-state index in [4.69, 9.17) is 11.6 Å². The molecule has 6 heteroatoms. The average Bonchev–Trinajstić information content (AvgIpc) is 2.41. The van der Waals surface area contributed by atoms with Crippen LogP contribution in [0.3, 0.4) is 0 Å². The summed E-state index contributed by atoms with van der Waals surface area (Å²) >= 11 is 5.95. The fourth-order valence-electron chi connectivity index (χ4n) is 2.65. The lowest BCUT2D eigenvalue weighted by Gasteiger charge is -2.23. The molecule has 0 atom stereocenters. The quantitative estimate of drug-likeness (QED) is 0.897. The van der Waals surface area contributed by atoms with E-state index in [-0.39, 0.29) is 17.5 Å². The van der Waals surface area contributed by atoms with Gasteiger partial charge in [0.25, 0.3) is 0 Å². The summed E-state index contributed by atoms with van der Waals surface area (Å²) in [5, 5.41) is 9.60. The number of nitrogens with one attached hydrogen (secondary N) is 1. The third-order valence-corrected chi connectivity index (χ3v) is 5.68. The average molecular weight is 318 g/mol. The van der Waals surface area contributed by atoms with Crippen molar-refractivity contribution in [1.82, 2.24) is 4.72 Å². The lowest BCUT2D eigenvalue weighted by molar-refractivity contribution is 0.280. The predicted molar refractivity (Wildman–Crippen MR) is 79.3 cm³/mol. The summed E-state index contributed by atoms with van der Waals surface area (Å²) in [6.07, 6.45) is 5.05. The first kappa shape index (κ1) is 15.8. The lowest BCUT2D eigenvalue weighted by Crippen LogP contribution is -2.36. The topological polar surface area (TPSA) is 66.4 Å². The number of hydrogen-bond acceptors (Lipinski definition) is 3. The third-order valence-electron chi connectivity index (χ3n) is 3.82. The zero-order chi connectivity index (χ0) is 14.8. The molecule has 1 fully saturated rings. The van der Waals surface area contributed by atoms with Crippen LogP contribution in [-0.4, -0.2) is 19.6 Å². The highest BCUT2D eigenvalue weighted by Crippen LogP contribution is 2.26. The van der Waals surface area contributed by atoms with Crippen LogP contribution in [0.4, 0.5) is 0 Å². The van der Waals surface area contributed by atoms with Crippen LogP contribution >= 0.6 is 11.6 Å². The van der Waals surface area contributed by atoms with Crippen molar-refractivity contribution in [3.63, 3.8) is 0 Å². The first-order valence-corrected chi connectivity index (χ1v) is 8.72. The van der Waals surface area contributed by atoms with Crippen molar-refractivity contribution in [1.29, 1.82) is 0 Å². The van der Waals surface area contributed by atoms with Crippen molar-refractivity contribution in [2.75, 3.05) is 0 Å². The second-order valence-corrected chi connectivity index (χ2v) is 7.42. The van der Waals surface area contributed by atoms with Gasteiger partial charge in [0.15, 0.2) is 0 Å². The summed E-state index contributed by atoms with van der Waals surface area (Å²) in [5.74, 6) is 0. The van der Waals surface area contributed by atoms with Gasteiger partial charge in [0.1, 0.15) is 0 Å². The minimum atomic E-state index is -3.59. The van der Waals surface area contributed by atoms with Crippen molar-refractivity contribution in [2.45, 2.75) is 56.6 Å². The summed E-state index contributed by atoms with van der Waals surface area (Å²) < 4.78 is 27.7. The minimum Gasteiger partial charge on any atom is -0.392 e. The van der Waals surface area contributed by atoms with E-state index in [1.807, 2.05) is 0 Å². The largest absolute Gasteiger partial charge is 0.392 e. The van der Waals surface area contributed by atoms with Gasteiger partial charge in [0.05, 0.1) is 11.5 Å². The van der Waals surface area contributed by atoms with Gasteiger partial charge in [-0.1, -0.05) is 30.9 Å². The van der Waals surface area contributed by atoms with Crippen LogP contribution < -0.4 is 4.72 Å². The van der Waals surface area contributed by atoms with E-state index < -0.39 is 10.0 Å². The van der Waals surface area contributed by atoms with E-state index in [1.54, 1.807) is 13.0 Å². The molecule has 2 N–H and O–H groups in total. The smallest absolute Gasteiger partial charge is 0.241 e. The van der Waals surface area contributed by atoms with Crippen molar-refractivity contribution in [2.24, 2.45) is 0 Å². The Bertz CT molecular complexity index is 580. The Hall–Kier alpha value is -0.620. The van der Waals surface area contributed by atoms with Gasteiger partial charge in [0.2, 0.25) is 10.0 Å². The molecule has 0 amide bonds. The summed E-state index contributed by atoms with van der Waals surface area (Å²) in [6.45, 7) is 1.47. The highest BCUT2D eigenvalue weighted by atomic mass is 35.5. The first-order valence-electron chi connectivity index (χ1n) is 6.86. The molecular formula is C14H20ClNO3S. The molecule has 20 heavy (non-hydrogen) atoms. The Morgan fingerprint density at radius 2 is 1.95 bits per heavy atom. The second-order valence-electron chi connectivity index (χ2n) is 5.30. The molecule has 112 valence electrons. The number of aliphatic hydroxyl groups excluding tert-OH is 1. The number of rotatable bonds is 4. The van der Waals surface area contributed by atoms with Gasteiger partial charge in [-0.25, -0.2) is 13.1 Å². The van der Waals surface area contributed by atoms with Crippen molar-refractivity contribution in [3.8, 4) is 0 Å². The normalized spacial score (nSPS) is 17.4. The second kappa shape index (κ2) is 6.43. The Morgan fingerprint density at radius 1 is 1.30 bits per heavy atom. The van der Waals surface area contributed by atoms with Crippen LogP contribution in [-0.2, 0) is 16.6 Å². The summed E-state index contributed by atoms with van der Waals surface area (Å²) in [6, 6.07) is 3.04. The molecule has 0 aliphatic heterocycles. The highest BCUT2D eigenvalue weighted by Gasteiger charge is 2.24. The molecule has 4 nitrogen and oxygen atoms in total. The lowest BCUT2D eigenvalue weighted by atomic mass is 9.96. The monoisotopic (exact) mass is 317 g/mol. The van der Waals surface area contributed by atoms with E-state index in [2.05, 4.69) is 4.72 Å². The Morgan fingerprint density at radius 3 is 2.55 bits per heavy atom. The maximum absolute atomic E-state index is 12.5. The number of halogens is 1. The Labute approximate surface area is 125 Å². The molecule has 0 spiro atoms. The van der Waals surface area contributed by atoms with Crippen LogP contribution in [0.5, 0.6) is 0 Å². The molecule has 0 saturated heterocycles. The van der Waals surface area contributed by atoms with Gasteiger partial charge in [-0.3, -0.25) is 0 Å². The van der Waals surface area contributed by atoms with Gasteiger partial charge in [-0.2, -0.15) is 0 Å². The number of aliphatic hydroxyl groups is 1. The molecule has 1 saturated carbocycles. The van der Waals surface area contributed by atoms with Crippen LogP contribution in [0.1, 0.15) is 43.2 Å². The SMILES string of the molecule is Cc1c(CO)cc(Cl)cc1S(=O)(=O)NC1CCCCC1. The third kappa shape index (κ3) is 3.52. The standard InChI is InChI=1S/C14H20ClNO3S/c1-10-11(9-17)7-12(15)8-14(10)20(18,19)16-13-5-3-2-4-6-13/h7-8,13,16-17H,2-6,9H2,1H3. The fourth-order valence-corrected chi connectivity index (χ4v) is 4.58. The van der Waals surface area contributed by atoms with E-state index in [9.17, 15) is 13.5 Å². The van der Waals surface area contributed by atoms with Crippen molar-refractivity contribution in [3.05, 3.63) is 28.3 Å². The molecule has 0 radical (unpaired) electrons. The van der Waals surface area contributed by atoms with E-state index in [0.717, 1.165) is 25.7 Å². The first-order chi connectivity index (χ1) is 9.44. The molecule has 0 unspecified atom stereocenters. The molecule has 2 rings (SSSR count). The number of hydrogen-bond donors (Lipinski definition) is 2. The Kier molecular flexibility index (Phi) is 5.07. The maximum atomic E-state index is 12.5. The molecule has 0 bridgehead atoms. The molecular weight excluding hydrogens is 298 g/mol. The van der Waals surface area contributed by atoms with Crippen molar-refractivity contribution < 1.29 is 13.5 Å². The molecule has 1 aliphatic carbocycles. The maximum Gasteiger partial charge on any atom is 0.241 e. The van der Waals surface area contributed by atoms with Crippen LogP contribution in [0.2, 0.25) is 5.02 Å². The van der Waals surface area contributed by atoms with Gasteiger partial charge >= 0.3 is 0 Å². The van der Waals surface area contributed by atoms with Gasteiger partial charge in [-0.15, -0.1) is 0 Å². The highest BCUT2D eigenvalue weighted by molar-refractivity contribution is 7.89. The fraction of sp³-hybridized carbons (Fsp3) is 0.571. The van der Waals surface area contributed by atoms with Crippen LogP contribution in [0.15, 0.2) is 17.0 Å². The summed E-state index contributed by atoms with van der Waals surface area (Å²) in [4.78, 5) is 0.166. The van der Waals surface area contributed by atoms with Gasteiger partial charge in [-0.05, 0) is 43.0 Å². The molecule has 1 aromatic rings. The van der Waals surface area contributed by atoms with Gasteiger partial charge in [0, 0.05) is 11.1 Å². The van der Waals surface area contributed by atoms with Crippen LogP contribution in [0.25, 0.3) is 0 Å². The zero-order valence-corrected chi connectivity index (χ0v) is 13.1. The molecule has 0 heterocycles. The minimum absolute atomic E-state index is 0.00436. The van der Waals surface area contributed by atoms with Gasteiger partial charge < -0.3 is 5.11 Å². The number of sulfonamides is 1. The number of benzene rings is 1. The Balaban J connectivity index is 2.31. The predicted octanol–water partition coefficient (Wildman–Crippen LogP) is 2.75. The zero-order valence-electron chi connectivity index (χ0n) is 11.5. The van der Waals surface area contributed by atoms with E-state index >= 15 is 0 Å². The molecule has 0 aromatic heterocycles. The van der Waals surface area contributed by atoms with E-state index in [1.165, 1.54) is 12.5 Å². The molecule has 1 aliphatic rings.